The fraction of sp³-hybridized carbons (Fsp3) is 0.760. The maximum Gasteiger partial charge on any atom is 0.278 e. The number of anilines is 1. The van der Waals surface area contributed by atoms with Crippen molar-refractivity contribution in [1.82, 2.24) is 24.8 Å². The van der Waals surface area contributed by atoms with Crippen molar-refractivity contribution in [2.75, 3.05) is 37.6 Å². The number of piperidine rings is 2. The van der Waals surface area contributed by atoms with Gasteiger partial charge in [-0.2, -0.15) is 4.52 Å². The van der Waals surface area contributed by atoms with Crippen molar-refractivity contribution >= 4 is 27.3 Å². The Hall–Kier alpha value is -2.00. The molecule has 3 aliphatic rings. The Morgan fingerprint density at radius 1 is 1.09 bits per heavy atom. The molecule has 0 saturated carbocycles. The van der Waals surface area contributed by atoms with Crippen LogP contribution in [0.3, 0.4) is 0 Å². The summed E-state index contributed by atoms with van der Waals surface area (Å²) in [5.74, 6) is 0.261. The van der Waals surface area contributed by atoms with Gasteiger partial charge >= 0.3 is 0 Å². The number of hydrogen-bond acceptors (Lipinski definition) is 7. The summed E-state index contributed by atoms with van der Waals surface area (Å²) < 4.78 is 1.49. The first kappa shape index (κ1) is 23.7. The third kappa shape index (κ3) is 5.00. The number of amides is 1. The topological polar surface area (TPSA) is 82.8 Å². The van der Waals surface area contributed by atoms with E-state index < -0.39 is 0 Å². The van der Waals surface area contributed by atoms with Gasteiger partial charge in [0, 0.05) is 43.7 Å². The van der Waals surface area contributed by atoms with Gasteiger partial charge in [-0.25, -0.2) is 4.98 Å². The van der Waals surface area contributed by atoms with Crippen LogP contribution in [-0.4, -0.2) is 64.2 Å². The van der Waals surface area contributed by atoms with Crippen LogP contribution in [-0.2, 0) is 17.6 Å². The number of likely N-dealkylation sites (tertiary alicyclic amines) is 1. The molecule has 2 aromatic rings. The lowest BCUT2D eigenvalue weighted by molar-refractivity contribution is -0.125. The molecule has 34 heavy (non-hydrogen) atoms. The van der Waals surface area contributed by atoms with E-state index >= 15 is 0 Å². The number of rotatable bonds is 7. The van der Waals surface area contributed by atoms with E-state index in [0.29, 0.717) is 4.96 Å². The highest BCUT2D eigenvalue weighted by Crippen LogP contribution is 2.28. The van der Waals surface area contributed by atoms with Crippen LogP contribution in [0.25, 0.3) is 4.96 Å². The van der Waals surface area contributed by atoms with Gasteiger partial charge in [0.2, 0.25) is 16.0 Å². The first-order valence-electron chi connectivity index (χ1n) is 13.3. The van der Waals surface area contributed by atoms with Crippen LogP contribution in [0.1, 0.15) is 76.0 Å². The molecule has 2 saturated heterocycles. The van der Waals surface area contributed by atoms with Gasteiger partial charge in [-0.15, -0.1) is 5.10 Å². The molecule has 0 unspecified atom stereocenters. The summed E-state index contributed by atoms with van der Waals surface area (Å²) in [6, 6.07) is 0.729. The van der Waals surface area contributed by atoms with Crippen LogP contribution < -0.4 is 15.8 Å². The molecule has 1 aliphatic carbocycles. The van der Waals surface area contributed by atoms with Crippen LogP contribution >= 0.6 is 11.3 Å². The monoisotopic (exact) mass is 486 g/mol. The van der Waals surface area contributed by atoms with E-state index in [4.69, 9.17) is 4.98 Å². The lowest BCUT2D eigenvalue weighted by Gasteiger charge is -2.35. The Morgan fingerprint density at radius 2 is 1.91 bits per heavy atom. The van der Waals surface area contributed by atoms with E-state index in [1.165, 1.54) is 48.1 Å². The summed E-state index contributed by atoms with van der Waals surface area (Å²) in [5, 5.41) is 8.65. The number of nitrogens with one attached hydrogen (secondary N) is 1. The Labute approximate surface area is 205 Å². The average Bonchev–Trinajstić information content (AvgIpc) is 3.31. The molecule has 9 heteroatoms. The molecule has 2 fully saturated rings. The molecule has 1 N–H and O–H groups in total. The van der Waals surface area contributed by atoms with Crippen molar-refractivity contribution in [2.45, 2.75) is 83.6 Å². The minimum atomic E-state index is 0.00581. The van der Waals surface area contributed by atoms with Gasteiger partial charge in [0.25, 0.3) is 5.56 Å². The maximum atomic E-state index is 12.9. The highest BCUT2D eigenvalue weighted by Gasteiger charge is 2.28. The third-order valence-corrected chi connectivity index (χ3v) is 8.92. The minimum Gasteiger partial charge on any atom is -0.356 e. The van der Waals surface area contributed by atoms with Crippen LogP contribution in [0.4, 0.5) is 5.13 Å². The standard InChI is InChI=1S/C25H38N6O2S/c1-2-19-8-5-6-14-29(19)15-7-13-26-22(32)18-11-16-30(17-12-18)25-28-31-23(33)20-9-3-4-10-21(20)27-24(31)34-25/h18-19H,2-17H2,1H3,(H,26,32)/t19-/m1/s1. The molecular weight excluding hydrogens is 448 g/mol. The van der Waals surface area contributed by atoms with Crippen molar-refractivity contribution in [2.24, 2.45) is 5.92 Å². The van der Waals surface area contributed by atoms with Gasteiger partial charge in [0.15, 0.2) is 0 Å². The smallest absolute Gasteiger partial charge is 0.278 e. The largest absolute Gasteiger partial charge is 0.356 e. The summed E-state index contributed by atoms with van der Waals surface area (Å²) in [7, 11) is 0. The third-order valence-electron chi connectivity index (χ3n) is 7.95. The van der Waals surface area contributed by atoms with Crippen LogP contribution in [0.15, 0.2) is 4.79 Å². The van der Waals surface area contributed by atoms with Crippen molar-refractivity contribution < 1.29 is 4.79 Å². The zero-order chi connectivity index (χ0) is 23.5. The lowest BCUT2D eigenvalue weighted by atomic mass is 9.96. The van der Waals surface area contributed by atoms with E-state index in [2.05, 4.69) is 27.1 Å². The molecular formula is C25H38N6O2S. The average molecular weight is 487 g/mol. The first-order valence-corrected chi connectivity index (χ1v) is 14.1. The second kappa shape index (κ2) is 10.7. The SMILES string of the molecule is CC[C@@H]1CCCCN1CCCNC(=O)C1CCN(c2nn3c(=O)c4c(nc3s2)CCCC4)CC1. The minimum absolute atomic E-state index is 0.00581. The van der Waals surface area contributed by atoms with Gasteiger partial charge in [-0.05, 0) is 70.8 Å². The molecule has 0 bridgehead atoms. The second-order valence-corrected chi connectivity index (χ2v) is 11.1. The van der Waals surface area contributed by atoms with Crippen molar-refractivity contribution in [1.29, 1.82) is 0 Å². The summed E-state index contributed by atoms with van der Waals surface area (Å²) in [6.07, 6.45) is 11.8. The molecule has 1 amide bonds. The van der Waals surface area contributed by atoms with Gasteiger partial charge in [0.05, 0.1) is 5.69 Å². The zero-order valence-corrected chi connectivity index (χ0v) is 21.2. The molecule has 8 nitrogen and oxygen atoms in total. The number of fused-ring (bicyclic) bond motifs is 2. The fourth-order valence-corrected chi connectivity index (χ4v) is 6.84. The predicted octanol–water partition coefficient (Wildman–Crippen LogP) is 3.02. The normalized spacial score (nSPS) is 22.1. The Bertz CT molecular complexity index is 1060. The molecule has 0 spiro atoms. The van der Waals surface area contributed by atoms with Crippen molar-refractivity contribution in [3.8, 4) is 0 Å². The highest BCUT2D eigenvalue weighted by molar-refractivity contribution is 7.20. The molecule has 0 aromatic carbocycles. The van der Waals surface area contributed by atoms with Crippen LogP contribution in [0.2, 0.25) is 0 Å². The fourth-order valence-electron chi connectivity index (χ4n) is 5.88. The van der Waals surface area contributed by atoms with Crippen LogP contribution in [0.5, 0.6) is 0 Å². The van der Waals surface area contributed by atoms with E-state index in [9.17, 15) is 9.59 Å². The molecule has 186 valence electrons. The summed E-state index contributed by atoms with van der Waals surface area (Å²) >= 11 is 1.49. The summed E-state index contributed by atoms with van der Waals surface area (Å²) in [4.78, 5) is 35.9. The van der Waals surface area contributed by atoms with Crippen molar-refractivity contribution in [3.05, 3.63) is 21.6 Å². The molecule has 5 rings (SSSR count). The van der Waals surface area contributed by atoms with Gasteiger partial charge < -0.3 is 15.1 Å². The van der Waals surface area contributed by atoms with Crippen molar-refractivity contribution in [3.63, 3.8) is 0 Å². The quantitative estimate of drug-likeness (QED) is 0.606. The van der Waals surface area contributed by atoms with E-state index in [-0.39, 0.29) is 17.4 Å². The predicted molar refractivity (Wildman–Crippen MR) is 136 cm³/mol. The second-order valence-electron chi connectivity index (χ2n) is 10.1. The van der Waals surface area contributed by atoms with E-state index in [1.54, 1.807) is 0 Å². The molecule has 0 radical (unpaired) electrons. The Morgan fingerprint density at radius 3 is 2.74 bits per heavy atom. The maximum absolute atomic E-state index is 12.9. The zero-order valence-electron chi connectivity index (χ0n) is 20.4. The number of carbonyl (C=O) groups excluding carboxylic acids is 1. The highest BCUT2D eigenvalue weighted by atomic mass is 32.1. The number of carbonyl (C=O) groups is 1. The summed E-state index contributed by atoms with van der Waals surface area (Å²) in [6.45, 7) is 6.93. The van der Waals surface area contributed by atoms with Gasteiger partial charge in [-0.3, -0.25) is 9.59 Å². The van der Waals surface area contributed by atoms with E-state index in [0.717, 1.165) is 93.6 Å². The van der Waals surface area contributed by atoms with Crippen LogP contribution in [0, 0.1) is 5.92 Å². The van der Waals surface area contributed by atoms with Gasteiger partial charge in [0.1, 0.15) is 0 Å². The summed E-state index contributed by atoms with van der Waals surface area (Å²) in [5.41, 5.74) is 1.82. The van der Waals surface area contributed by atoms with E-state index in [1.807, 2.05) is 0 Å². The number of aromatic nitrogens is 3. The first-order chi connectivity index (χ1) is 16.6. The molecule has 2 aromatic heterocycles. The molecule has 4 heterocycles. The van der Waals surface area contributed by atoms with Gasteiger partial charge in [-0.1, -0.05) is 24.7 Å². The number of nitrogens with zero attached hydrogens (tertiary/aromatic N) is 5. The Balaban J connectivity index is 1.11. The molecule has 1 atom stereocenters. The number of hydrogen-bond donors (Lipinski definition) is 1. The Kier molecular flexibility index (Phi) is 7.49. The lowest BCUT2D eigenvalue weighted by Crippen LogP contribution is -2.42. The molecule has 2 aliphatic heterocycles. The number of aryl methyl sites for hydroxylation is 1.